The molecule has 100 valence electrons. The molecule has 0 amide bonds. The molecule has 0 atom stereocenters. The molecule has 1 aromatic carbocycles. The number of ether oxygens (including phenoxy) is 1. The summed E-state index contributed by atoms with van der Waals surface area (Å²) in [5.41, 5.74) is 2.52. The highest BCUT2D eigenvalue weighted by Crippen LogP contribution is 2.29. The Morgan fingerprint density at radius 1 is 1.26 bits per heavy atom. The summed E-state index contributed by atoms with van der Waals surface area (Å²) in [6.45, 7) is 2.84. The van der Waals surface area contributed by atoms with Crippen molar-refractivity contribution in [3.63, 3.8) is 0 Å². The summed E-state index contributed by atoms with van der Waals surface area (Å²) in [7, 11) is 0. The Balaban J connectivity index is 2.00. The molecule has 3 heteroatoms. The topological polar surface area (TPSA) is 39.4 Å². The van der Waals surface area contributed by atoms with Gasteiger partial charge in [-0.15, -0.1) is 0 Å². The third-order valence-corrected chi connectivity index (χ3v) is 3.71. The van der Waals surface area contributed by atoms with E-state index in [0.29, 0.717) is 12.2 Å². The highest BCUT2D eigenvalue weighted by molar-refractivity contribution is 5.83. The van der Waals surface area contributed by atoms with Crippen LogP contribution in [0.1, 0.15) is 37.3 Å². The predicted molar refractivity (Wildman–Crippen MR) is 74.9 cm³/mol. The number of rotatable bonds is 4. The number of benzene rings is 1. The standard InChI is InChI=1S/C16H18O3/c1-2-3-9-18-11-7-8-13-12-5-4-6-14(12)16(17)19-15(13)10-11/h7-8,10H,2-6,9H2,1H3. The number of fused-ring (bicyclic) bond motifs is 3. The SMILES string of the molecule is CCCCOc1ccc2c3c(c(=O)oc2c1)CCC3. The van der Waals surface area contributed by atoms with Crippen molar-refractivity contribution in [1.29, 1.82) is 0 Å². The molecule has 0 bridgehead atoms. The minimum absolute atomic E-state index is 0.175. The van der Waals surface area contributed by atoms with E-state index in [2.05, 4.69) is 6.92 Å². The van der Waals surface area contributed by atoms with Crippen molar-refractivity contribution in [2.75, 3.05) is 6.61 Å². The molecule has 0 spiro atoms. The molecule has 1 aliphatic carbocycles. The van der Waals surface area contributed by atoms with Crippen molar-refractivity contribution < 1.29 is 9.15 Å². The van der Waals surface area contributed by atoms with Gasteiger partial charge in [0.05, 0.1) is 6.61 Å². The van der Waals surface area contributed by atoms with Crippen LogP contribution in [0.15, 0.2) is 27.4 Å². The first-order valence-corrected chi connectivity index (χ1v) is 7.01. The summed E-state index contributed by atoms with van der Waals surface area (Å²) in [6.07, 6.45) is 5.02. The highest BCUT2D eigenvalue weighted by atomic mass is 16.5. The molecular formula is C16H18O3. The molecule has 2 aromatic rings. The van der Waals surface area contributed by atoms with Crippen LogP contribution in [0.2, 0.25) is 0 Å². The third kappa shape index (κ3) is 2.25. The summed E-state index contributed by atoms with van der Waals surface area (Å²) >= 11 is 0. The van der Waals surface area contributed by atoms with Gasteiger partial charge in [0, 0.05) is 17.0 Å². The number of aryl methyl sites for hydroxylation is 1. The van der Waals surface area contributed by atoms with E-state index in [1.54, 1.807) is 0 Å². The van der Waals surface area contributed by atoms with Gasteiger partial charge in [-0.2, -0.15) is 0 Å². The van der Waals surface area contributed by atoms with Gasteiger partial charge in [0.2, 0.25) is 0 Å². The lowest BCUT2D eigenvalue weighted by Crippen LogP contribution is -2.07. The summed E-state index contributed by atoms with van der Waals surface area (Å²) in [4.78, 5) is 11.9. The van der Waals surface area contributed by atoms with E-state index in [1.165, 1.54) is 5.56 Å². The lowest BCUT2D eigenvalue weighted by Gasteiger charge is -2.08. The normalized spacial score (nSPS) is 13.7. The van der Waals surface area contributed by atoms with Crippen molar-refractivity contribution >= 4 is 11.0 Å². The molecule has 0 N–H and O–H groups in total. The molecule has 0 fully saturated rings. The Morgan fingerprint density at radius 2 is 2.11 bits per heavy atom. The van der Waals surface area contributed by atoms with Crippen LogP contribution in [-0.2, 0) is 12.8 Å². The Bertz CT molecular complexity index is 655. The van der Waals surface area contributed by atoms with Gasteiger partial charge in [0.1, 0.15) is 11.3 Å². The van der Waals surface area contributed by atoms with Crippen LogP contribution in [0.25, 0.3) is 11.0 Å². The van der Waals surface area contributed by atoms with E-state index in [0.717, 1.165) is 48.8 Å². The van der Waals surface area contributed by atoms with Crippen LogP contribution in [0.3, 0.4) is 0 Å². The van der Waals surface area contributed by atoms with Crippen LogP contribution in [0.4, 0.5) is 0 Å². The zero-order valence-electron chi connectivity index (χ0n) is 11.2. The van der Waals surface area contributed by atoms with Gasteiger partial charge < -0.3 is 9.15 Å². The highest BCUT2D eigenvalue weighted by Gasteiger charge is 2.19. The number of hydrogen-bond donors (Lipinski definition) is 0. The second kappa shape index (κ2) is 5.08. The van der Waals surface area contributed by atoms with Crippen molar-refractivity contribution in [3.05, 3.63) is 39.7 Å². The molecule has 0 radical (unpaired) electrons. The maximum atomic E-state index is 11.9. The first-order chi connectivity index (χ1) is 9.29. The molecule has 0 unspecified atom stereocenters. The zero-order valence-corrected chi connectivity index (χ0v) is 11.2. The average molecular weight is 258 g/mol. The largest absolute Gasteiger partial charge is 0.493 e. The monoisotopic (exact) mass is 258 g/mol. The van der Waals surface area contributed by atoms with E-state index in [1.807, 2.05) is 18.2 Å². The van der Waals surface area contributed by atoms with Crippen LogP contribution < -0.4 is 10.4 Å². The zero-order chi connectivity index (χ0) is 13.2. The Kier molecular flexibility index (Phi) is 3.28. The quantitative estimate of drug-likeness (QED) is 0.622. The maximum absolute atomic E-state index is 11.9. The predicted octanol–water partition coefficient (Wildman–Crippen LogP) is 3.46. The molecular weight excluding hydrogens is 240 g/mol. The molecule has 3 rings (SSSR count). The number of unbranched alkanes of at least 4 members (excludes halogenated alkanes) is 1. The van der Waals surface area contributed by atoms with Gasteiger partial charge >= 0.3 is 5.63 Å². The second-order valence-corrected chi connectivity index (χ2v) is 5.06. The van der Waals surface area contributed by atoms with Crippen LogP contribution in [0, 0.1) is 0 Å². The van der Waals surface area contributed by atoms with Crippen LogP contribution >= 0.6 is 0 Å². The average Bonchev–Trinajstić information content (AvgIpc) is 2.89. The summed E-state index contributed by atoms with van der Waals surface area (Å²) in [6, 6.07) is 5.82. The van der Waals surface area contributed by atoms with Gasteiger partial charge in [-0.25, -0.2) is 4.79 Å². The van der Waals surface area contributed by atoms with Crippen molar-refractivity contribution in [2.45, 2.75) is 39.0 Å². The van der Waals surface area contributed by atoms with Crippen molar-refractivity contribution in [2.24, 2.45) is 0 Å². The van der Waals surface area contributed by atoms with Crippen LogP contribution in [0.5, 0.6) is 5.75 Å². The van der Waals surface area contributed by atoms with Gasteiger partial charge in [0.15, 0.2) is 0 Å². The van der Waals surface area contributed by atoms with Crippen LogP contribution in [-0.4, -0.2) is 6.61 Å². The fraction of sp³-hybridized carbons (Fsp3) is 0.438. The Labute approximate surface area is 112 Å². The molecule has 1 aliphatic rings. The van der Waals surface area contributed by atoms with E-state index in [4.69, 9.17) is 9.15 Å². The van der Waals surface area contributed by atoms with E-state index in [-0.39, 0.29) is 5.63 Å². The summed E-state index contributed by atoms with van der Waals surface area (Å²) in [5.74, 6) is 0.780. The molecule has 19 heavy (non-hydrogen) atoms. The molecule has 1 aromatic heterocycles. The lowest BCUT2D eigenvalue weighted by atomic mass is 10.1. The third-order valence-electron chi connectivity index (χ3n) is 3.71. The second-order valence-electron chi connectivity index (χ2n) is 5.06. The minimum Gasteiger partial charge on any atom is -0.493 e. The molecule has 0 saturated carbocycles. The Morgan fingerprint density at radius 3 is 2.95 bits per heavy atom. The van der Waals surface area contributed by atoms with Gasteiger partial charge in [0.25, 0.3) is 0 Å². The summed E-state index contributed by atoms with van der Waals surface area (Å²) in [5, 5.41) is 1.06. The Hall–Kier alpha value is -1.77. The fourth-order valence-electron chi connectivity index (χ4n) is 2.69. The molecule has 0 aliphatic heterocycles. The van der Waals surface area contributed by atoms with Gasteiger partial charge in [-0.1, -0.05) is 13.3 Å². The molecule has 3 nitrogen and oxygen atoms in total. The minimum atomic E-state index is -0.175. The molecule has 1 heterocycles. The fourth-order valence-corrected chi connectivity index (χ4v) is 2.69. The smallest absolute Gasteiger partial charge is 0.339 e. The van der Waals surface area contributed by atoms with E-state index in [9.17, 15) is 4.79 Å². The van der Waals surface area contributed by atoms with Gasteiger partial charge in [-0.05, 0) is 43.4 Å². The molecule has 0 saturated heterocycles. The van der Waals surface area contributed by atoms with E-state index < -0.39 is 0 Å². The van der Waals surface area contributed by atoms with Gasteiger partial charge in [-0.3, -0.25) is 0 Å². The lowest BCUT2D eigenvalue weighted by molar-refractivity contribution is 0.309. The first kappa shape index (κ1) is 12.3. The van der Waals surface area contributed by atoms with Crippen molar-refractivity contribution in [3.8, 4) is 5.75 Å². The number of hydrogen-bond acceptors (Lipinski definition) is 3. The maximum Gasteiger partial charge on any atom is 0.339 e. The summed E-state index contributed by atoms with van der Waals surface area (Å²) < 4.78 is 11.1. The first-order valence-electron chi connectivity index (χ1n) is 7.01. The van der Waals surface area contributed by atoms with E-state index >= 15 is 0 Å². The van der Waals surface area contributed by atoms with Crippen molar-refractivity contribution in [1.82, 2.24) is 0 Å².